The molecule has 0 aliphatic heterocycles. The lowest BCUT2D eigenvalue weighted by molar-refractivity contribution is -0.690. The molecule has 1 aromatic carbocycles. The van der Waals surface area contributed by atoms with E-state index in [2.05, 4.69) is 15.9 Å². The summed E-state index contributed by atoms with van der Waals surface area (Å²) in [5.74, 6) is 0.964. The fourth-order valence-corrected chi connectivity index (χ4v) is 3.40. The third kappa shape index (κ3) is 3.94. The van der Waals surface area contributed by atoms with Crippen LogP contribution in [0, 0.1) is 0 Å². The molecule has 2 rings (SSSR count). The third-order valence-electron chi connectivity index (χ3n) is 3.07. The summed E-state index contributed by atoms with van der Waals surface area (Å²) in [7, 11) is -3.22. The molecule has 0 fully saturated rings. The Morgan fingerprint density at radius 2 is 1.95 bits per heavy atom. The van der Waals surface area contributed by atoms with Gasteiger partial charge in [0.2, 0.25) is 0 Å². The summed E-state index contributed by atoms with van der Waals surface area (Å²) < 4.78 is 30.5. The monoisotopic (exact) mass is 358 g/mol. The average molecular weight is 359 g/mol. The molecule has 0 bridgehead atoms. The fourth-order valence-electron chi connectivity index (χ4n) is 1.90. The Balaban J connectivity index is 1.91. The van der Waals surface area contributed by atoms with E-state index in [-0.39, 0.29) is 11.8 Å². The Morgan fingerprint density at radius 1 is 1.25 bits per heavy atom. The number of furan rings is 1. The van der Waals surface area contributed by atoms with Crippen LogP contribution in [0.3, 0.4) is 0 Å². The number of quaternary nitrogens is 1. The standard InChI is InChI=1S/C14H16BrNO3S/c1-11(14-3-2-9-19-14)16-8-10-20(17,18)13-6-4-12(15)5-7-13/h2-7,9,11,16H,8,10H2,1H3/p+1/t11-/m0/s1. The van der Waals surface area contributed by atoms with Crippen LogP contribution in [0.1, 0.15) is 18.7 Å². The van der Waals surface area contributed by atoms with Gasteiger partial charge in [-0.15, -0.1) is 0 Å². The van der Waals surface area contributed by atoms with E-state index in [9.17, 15) is 8.42 Å². The molecule has 0 saturated heterocycles. The number of sulfone groups is 1. The van der Waals surface area contributed by atoms with Crippen molar-refractivity contribution in [3.8, 4) is 0 Å². The second-order valence-corrected chi connectivity index (χ2v) is 7.63. The zero-order valence-electron chi connectivity index (χ0n) is 11.1. The SMILES string of the molecule is C[C@H]([NH2+]CCS(=O)(=O)c1ccc(Br)cc1)c1ccco1. The smallest absolute Gasteiger partial charge is 0.183 e. The molecule has 1 heterocycles. The average Bonchev–Trinajstić information content (AvgIpc) is 2.93. The molecule has 2 aromatic rings. The van der Waals surface area contributed by atoms with Gasteiger partial charge in [0.1, 0.15) is 11.8 Å². The minimum Gasteiger partial charge on any atom is -0.463 e. The highest BCUT2D eigenvalue weighted by Crippen LogP contribution is 2.15. The van der Waals surface area contributed by atoms with Gasteiger partial charge in [0.15, 0.2) is 15.6 Å². The Bertz CT molecular complexity index is 636. The van der Waals surface area contributed by atoms with Crippen LogP contribution in [0.5, 0.6) is 0 Å². The molecular formula is C14H17BrNO3S+. The van der Waals surface area contributed by atoms with Gasteiger partial charge < -0.3 is 9.73 Å². The molecule has 0 spiro atoms. The first-order chi connectivity index (χ1) is 9.49. The summed E-state index contributed by atoms with van der Waals surface area (Å²) >= 11 is 3.29. The van der Waals surface area contributed by atoms with Gasteiger partial charge in [0.25, 0.3) is 0 Å². The lowest BCUT2D eigenvalue weighted by Crippen LogP contribution is -2.85. The molecule has 4 nitrogen and oxygen atoms in total. The van der Waals surface area contributed by atoms with Gasteiger partial charge in [-0.1, -0.05) is 15.9 Å². The molecule has 2 N–H and O–H groups in total. The van der Waals surface area contributed by atoms with Crippen molar-refractivity contribution in [3.63, 3.8) is 0 Å². The van der Waals surface area contributed by atoms with E-state index in [1.54, 1.807) is 30.5 Å². The molecule has 0 radical (unpaired) electrons. The van der Waals surface area contributed by atoms with Crippen LogP contribution in [-0.2, 0) is 9.84 Å². The van der Waals surface area contributed by atoms with E-state index in [4.69, 9.17) is 4.42 Å². The summed E-state index contributed by atoms with van der Waals surface area (Å²) in [5, 5.41) is 1.97. The molecule has 0 aliphatic carbocycles. The first-order valence-electron chi connectivity index (χ1n) is 6.34. The summed E-state index contributed by atoms with van der Waals surface area (Å²) in [6.45, 7) is 2.49. The van der Waals surface area contributed by atoms with Crippen LogP contribution in [0.15, 0.2) is 56.4 Å². The molecule has 1 aromatic heterocycles. The maximum absolute atomic E-state index is 12.2. The Hall–Kier alpha value is -1.11. The number of hydrogen-bond acceptors (Lipinski definition) is 3. The molecule has 6 heteroatoms. The van der Waals surface area contributed by atoms with Crippen LogP contribution in [-0.4, -0.2) is 20.7 Å². The summed E-state index contributed by atoms with van der Waals surface area (Å²) in [4.78, 5) is 0.361. The number of rotatable bonds is 6. The largest absolute Gasteiger partial charge is 0.463 e. The normalized spacial score (nSPS) is 13.3. The second-order valence-electron chi connectivity index (χ2n) is 4.60. The predicted molar refractivity (Wildman–Crippen MR) is 80.1 cm³/mol. The van der Waals surface area contributed by atoms with Crippen molar-refractivity contribution in [2.24, 2.45) is 0 Å². The van der Waals surface area contributed by atoms with Crippen molar-refractivity contribution in [2.45, 2.75) is 17.9 Å². The van der Waals surface area contributed by atoms with E-state index in [1.165, 1.54) is 0 Å². The van der Waals surface area contributed by atoms with Crippen molar-refractivity contribution >= 4 is 25.8 Å². The van der Waals surface area contributed by atoms with Gasteiger partial charge in [-0.05, 0) is 43.3 Å². The highest BCUT2D eigenvalue weighted by Gasteiger charge is 2.17. The van der Waals surface area contributed by atoms with Crippen LogP contribution in [0.2, 0.25) is 0 Å². The quantitative estimate of drug-likeness (QED) is 0.860. The Morgan fingerprint density at radius 3 is 2.55 bits per heavy atom. The Labute approximate surface area is 127 Å². The van der Waals surface area contributed by atoms with Crippen molar-refractivity contribution in [1.29, 1.82) is 0 Å². The predicted octanol–water partition coefficient (Wildman–Crippen LogP) is 2.14. The number of hydrogen-bond donors (Lipinski definition) is 1. The topological polar surface area (TPSA) is 63.9 Å². The van der Waals surface area contributed by atoms with Gasteiger partial charge in [-0.25, -0.2) is 8.42 Å². The van der Waals surface area contributed by atoms with Gasteiger partial charge >= 0.3 is 0 Å². The van der Waals surface area contributed by atoms with Gasteiger partial charge in [0, 0.05) is 4.47 Å². The number of halogens is 1. The lowest BCUT2D eigenvalue weighted by Gasteiger charge is -2.08. The maximum atomic E-state index is 12.2. The minimum atomic E-state index is -3.22. The first kappa shape index (κ1) is 15.3. The van der Waals surface area contributed by atoms with Crippen molar-refractivity contribution in [1.82, 2.24) is 0 Å². The number of nitrogens with two attached hydrogens (primary N) is 1. The van der Waals surface area contributed by atoms with Crippen molar-refractivity contribution < 1.29 is 18.2 Å². The van der Waals surface area contributed by atoms with Crippen LogP contribution in [0.4, 0.5) is 0 Å². The van der Waals surface area contributed by atoms with E-state index >= 15 is 0 Å². The zero-order valence-corrected chi connectivity index (χ0v) is 13.5. The summed E-state index contributed by atoms with van der Waals surface area (Å²) in [6, 6.07) is 10.6. The van der Waals surface area contributed by atoms with Crippen LogP contribution >= 0.6 is 15.9 Å². The minimum absolute atomic E-state index is 0.111. The first-order valence-corrected chi connectivity index (χ1v) is 8.78. The molecular weight excluding hydrogens is 342 g/mol. The van der Waals surface area contributed by atoms with Gasteiger partial charge in [-0.2, -0.15) is 0 Å². The van der Waals surface area contributed by atoms with E-state index in [0.29, 0.717) is 11.4 Å². The Kier molecular flexibility index (Phi) is 5.01. The molecule has 0 saturated carbocycles. The molecule has 0 aliphatic rings. The number of benzene rings is 1. The molecule has 0 unspecified atom stereocenters. The summed E-state index contributed by atoms with van der Waals surface area (Å²) in [5.41, 5.74) is 0. The maximum Gasteiger partial charge on any atom is 0.183 e. The fraction of sp³-hybridized carbons (Fsp3) is 0.286. The second kappa shape index (κ2) is 6.56. The highest BCUT2D eigenvalue weighted by molar-refractivity contribution is 9.10. The van der Waals surface area contributed by atoms with Gasteiger partial charge in [0.05, 0.1) is 17.7 Å². The molecule has 0 amide bonds. The molecule has 108 valence electrons. The van der Waals surface area contributed by atoms with E-state index in [1.807, 2.05) is 24.4 Å². The van der Waals surface area contributed by atoms with Crippen molar-refractivity contribution in [2.75, 3.05) is 12.3 Å². The summed E-state index contributed by atoms with van der Waals surface area (Å²) in [6.07, 6.45) is 1.62. The van der Waals surface area contributed by atoms with E-state index in [0.717, 1.165) is 10.2 Å². The highest BCUT2D eigenvalue weighted by atomic mass is 79.9. The van der Waals surface area contributed by atoms with Crippen LogP contribution in [0.25, 0.3) is 0 Å². The van der Waals surface area contributed by atoms with Crippen molar-refractivity contribution in [3.05, 3.63) is 52.9 Å². The lowest BCUT2D eigenvalue weighted by atomic mass is 10.2. The van der Waals surface area contributed by atoms with Gasteiger partial charge in [-0.3, -0.25) is 0 Å². The van der Waals surface area contributed by atoms with E-state index < -0.39 is 9.84 Å². The third-order valence-corrected chi connectivity index (χ3v) is 5.36. The molecule has 1 atom stereocenters. The zero-order chi connectivity index (χ0) is 14.6. The molecule has 20 heavy (non-hydrogen) atoms. The van der Waals surface area contributed by atoms with Crippen LogP contribution < -0.4 is 5.32 Å².